The van der Waals surface area contributed by atoms with Crippen molar-refractivity contribution in [2.24, 2.45) is 18.9 Å². The Labute approximate surface area is 248 Å². The van der Waals surface area contributed by atoms with Crippen LogP contribution in [-0.2, 0) is 36.5 Å². The molecule has 2 aliphatic heterocycles. The summed E-state index contributed by atoms with van der Waals surface area (Å²) >= 11 is 0. The van der Waals surface area contributed by atoms with Crippen molar-refractivity contribution in [3.63, 3.8) is 0 Å². The van der Waals surface area contributed by atoms with Gasteiger partial charge in [0.2, 0.25) is 5.91 Å². The molecule has 8 nitrogen and oxygen atoms in total. The molecular formula is C32H35F3N6O2. The zero-order chi connectivity index (χ0) is 30.5. The van der Waals surface area contributed by atoms with Crippen LogP contribution in [0.2, 0.25) is 0 Å². The molecule has 6 rings (SSSR count). The summed E-state index contributed by atoms with van der Waals surface area (Å²) in [5.41, 5.74) is 0.997. The van der Waals surface area contributed by atoms with E-state index in [9.17, 15) is 22.8 Å². The van der Waals surface area contributed by atoms with Gasteiger partial charge in [-0.05, 0) is 84.7 Å². The van der Waals surface area contributed by atoms with Crippen LogP contribution in [0, 0.1) is 11.8 Å². The maximum atomic E-state index is 14.4. The van der Waals surface area contributed by atoms with Crippen LogP contribution >= 0.6 is 0 Å². The molecule has 11 heteroatoms. The number of amides is 2. The summed E-state index contributed by atoms with van der Waals surface area (Å²) in [5, 5.41) is 11.3. The molecule has 1 N–H and O–H groups in total. The quantitative estimate of drug-likeness (QED) is 0.379. The topological polar surface area (TPSA) is 83.4 Å². The second-order valence-corrected chi connectivity index (χ2v) is 12.3. The van der Waals surface area contributed by atoms with Crippen molar-refractivity contribution >= 4 is 17.5 Å². The lowest BCUT2D eigenvalue weighted by Gasteiger charge is -2.46. The SMILES string of the molecule is C=CC(=O)NC[C@H]1CCN(Cc2cc3c(c(C(F)(F)F)c2)CN(c2cccc(C4(c5nncn5C)CC(C)C4)c2)C3=O)C1. The second kappa shape index (κ2) is 10.9. The number of likely N-dealkylation sites (tertiary alicyclic amines) is 1. The molecule has 1 atom stereocenters. The highest BCUT2D eigenvalue weighted by Crippen LogP contribution is 2.52. The Morgan fingerprint density at radius 1 is 1.23 bits per heavy atom. The van der Waals surface area contributed by atoms with Gasteiger partial charge in [-0.3, -0.25) is 14.5 Å². The summed E-state index contributed by atoms with van der Waals surface area (Å²) < 4.78 is 45.0. The minimum Gasteiger partial charge on any atom is -0.352 e. The van der Waals surface area contributed by atoms with Gasteiger partial charge >= 0.3 is 6.18 Å². The number of benzene rings is 2. The molecule has 3 aromatic rings. The number of anilines is 1. The van der Waals surface area contributed by atoms with E-state index in [1.807, 2.05) is 29.8 Å². The first-order valence-electron chi connectivity index (χ1n) is 14.6. The van der Waals surface area contributed by atoms with Crippen LogP contribution in [0.3, 0.4) is 0 Å². The van der Waals surface area contributed by atoms with Crippen LogP contribution in [0.1, 0.15) is 64.6 Å². The molecule has 43 heavy (non-hydrogen) atoms. The van der Waals surface area contributed by atoms with E-state index in [1.165, 1.54) is 17.0 Å². The highest BCUT2D eigenvalue weighted by Gasteiger charge is 2.48. The number of carbonyl (C=O) groups is 2. The number of nitrogens with zero attached hydrogens (tertiary/aromatic N) is 5. The van der Waals surface area contributed by atoms with E-state index in [4.69, 9.17) is 0 Å². The maximum absolute atomic E-state index is 14.4. The Kier molecular flexibility index (Phi) is 7.40. The van der Waals surface area contributed by atoms with Crippen molar-refractivity contribution < 1.29 is 22.8 Å². The van der Waals surface area contributed by atoms with Gasteiger partial charge in [0, 0.05) is 37.9 Å². The number of fused-ring (bicyclic) bond motifs is 1. The number of carbonyl (C=O) groups excluding carboxylic acids is 2. The fourth-order valence-corrected chi connectivity index (χ4v) is 7.18. The zero-order valence-electron chi connectivity index (χ0n) is 24.3. The van der Waals surface area contributed by atoms with Gasteiger partial charge < -0.3 is 14.8 Å². The van der Waals surface area contributed by atoms with Gasteiger partial charge in [-0.25, -0.2) is 0 Å². The summed E-state index contributed by atoms with van der Waals surface area (Å²) in [7, 11) is 1.91. The first-order chi connectivity index (χ1) is 20.5. The van der Waals surface area contributed by atoms with Gasteiger partial charge in [0.05, 0.1) is 17.5 Å². The molecule has 1 aromatic heterocycles. The predicted octanol–water partition coefficient (Wildman–Crippen LogP) is 4.83. The molecule has 0 unspecified atom stereocenters. The van der Waals surface area contributed by atoms with Gasteiger partial charge in [-0.2, -0.15) is 13.2 Å². The predicted molar refractivity (Wildman–Crippen MR) is 155 cm³/mol. The fourth-order valence-electron chi connectivity index (χ4n) is 7.18. The molecule has 3 aliphatic rings. The number of rotatable bonds is 8. The smallest absolute Gasteiger partial charge is 0.352 e. The van der Waals surface area contributed by atoms with Crippen LogP contribution in [0.25, 0.3) is 0 Å². The van der Waals surface area contributed by atoms with Crippen LogP contribution < -0.4 is 10.2 Å². The van der Waals surface area contributed by atoms with E-state index in [0.717, 1.165) is 30.7 Å². The van der Waals surface area contributed by atoms with Crippen molar-refractivity contribution in [1.82, 2.24) is 25.0 Å². The van der Waals surface area contributed by atoms with Crippen molar-refractivity contribution in [2.75, 3.05) is 24.5 Å². The normalized spacial score (nSPS) is 23.7. The number of halogens is 3. The van der Waals surface area contributed by atoms with Gasteiger partial charge in [0.1, 0.15) is 12.2 Å². The molecule has 0 radical (unpaired) electrons. The van der Waals surface area contributed by atoms with E-state index in [0.29, 0.717) is 43.3 Å². The number of alkyl halides is 3. The first kappa shape index (κ1) is 29.1. The molecule has 2 aromatic carbocycles. The van der Waals surface area contributed by atoms with Gasteiger partial charge in [-0.15, -0.1) is 10.2 Å². The first-order valence-corrected chi connectivity index (χ1v) is 14.6. The molecule has 0 bridgehead atoms. The van der Waals surface area contributed by atoms with E-state index < -0.39 is 17.6 Å². The monoisotopic (exact) mass is 592 g/mol. The minimum atomic E-state index is -4.60. The van der Waals surface area contributed by atoms with Crippen LogP contribution in [0.5, 0.6) is 0 Å². The third-order valence-corrected chi connectivity index (χ3v) is 9.18. The molecule has 3 heterocycles. The fraction of sp³-hybridized carbons (Fsp3) is 0.438. The molecule has 1 saturated carbocycles. The summed E-state index contributed by atoms with van der Waals surface area (Å²) in [5.74, 6) is 0.859. The van der Waals surface area contributed by atoms with E-state index in [1.54, 1.807) is 18.5 Å². The molecule has 2 amide bonds. The lowest BCUT2D eigenvalue weighted by atomic mass is 9.58. The van der Waals surface area contributed by atoms with Gasteiger partial charge in [-0.1, -0.05) is 25.6 Å². The van der Waals surface area contributed by atoms with Crippen LogP contribution in [0.15, 0.2) is 55.4 Å². The number of hydrogen-bond donors (Lipinski definition) is 1. The number of hydrogen-bond acceptors (Lipinski definition) is 5. The molecule has 1 saturated heterocycles. The van der Waals surface area contributed by atoms with Crippen molar-refractivity contribution in [1.29, 1.82) is 0 Å². The van der Waals surface area contributed by atoms with Gasteiger partial charge in [0.25, 0.3) is 5.91 Å². The zero-order valence-corrected chi connectivity index (χ0v) is 24.3. The average Bonchev–Trinajstić information content (AvgIpc) is 3.68. The highest BCUT2D eigenvalue weighted by molar-refractivity contribution is 6.10. The standard InChI is InChI=1S/C32H35F3N6O2/c1-4-28(42)36-15-21-8-9-40(16-21)17-22-10-25-26(27(11-22)32(33,34)35)18-41(29(25)43)24-7-5-6-23(12-24)31(13-20(2)14-31)30-38-37-19-39(30)3/h4-7,10-12,19-21H,1,8-9,13-18H2,2-3H3,(H,36,42)/t20?,21-,31?/m1/s1. The molecule has 0 spiro atoms. The second-order valence-electron chi connectivity index (χ2n) is 12.3. The van der Waals surface area contributed by atoms with E-state index >= 15 is 0 Å². The van der Waals surface area contributed by atoms with Crippen molar-refractivity contribution in [2.45, 2.75) is 50.9 Å². The highest BCUT2D eigenvalue weighted by atomic mass is 19.4. The lowest BCUT2D eigenvalue weighted by Crippen LogP contribution is -2.43. The Morgan fingerprint density at radius 3 is 2.70 bits per heavy atom. The Balaban J connectivity index is 1.26. The Morgan fingerprint density at radius 2 is 2.02 bits per heavy atom. The van der Waals surface area contributed by atoms with E-state index in [2.05, 4.69) is 33.9 Å². The largest absolute Gasteiger partial charge is 0.416 e. The van der Waals surface area contributed by atoms with Crippen LogP contribution in [0.4, 0.5) is 18.9 Å². The Bertz CT molecular complexity index is 1580. The third kappa shape index (κ3) is 5.35. The summed E-state index contributed by atoms with van der Waals surface area (Å²) in [4.78, 5) is 28.8. The minimum absolute atomic E-state index is 0.0124. The molecule has 2 fully saturated rings. The number of nitrogens with one attached hydrogen (secondary N) is 1. The maximum Gasteiger partial charge on any atom is 0.416 e. The summed E-state index contributed by atoms with van der Waals surface area (Å²) in [6.07, 6.45) is 0.859. The van der Waals surface area contributed by atoms with Crippen molar-refractivity contribution in [3.8, 4) is 0 Å². The van der Waals surface area contributed by atoms with Crippen molar-refractivity contribution in [3.05, 3.63) is 89.0 Å². The summed E-state index contributed by atoms with van der Waals surface area (Å²) in [6.45, 7) is 7.62. The summed E-state index contributed by atoms with van der Waals surface area (Å²) in [6, 6.07) is 10.4. The average molecular weight is 593 g/mol. The molecule has 226 valence electrons. The van der Waals surface area contributed by atoms with Crippen LogP contribution in [-0.4, -0.2) is 51.1 Å². The lowest BCUT2D eigenvalue weighted by molar-refractivity contribution is -0.138. The molecular weight excluding hydrogens is 557 g/mol. The number of aryl methyl sites for hydroxylation is 1. The van der Waals surface area contributed by atoms with E-state index in [-0.39, 0.29) is 34.9 Å². The number of aromatic nitrogens is 3. The molecule has 1 aliphatic carbocycles. The third-order valence-electron chi connectivity index (χ3n) is 9.18. The Hall–Kier alpha value is -3.99. The van der Waals surface area contributed by atoms with Gasteiger partial charge in [0.15, 0.2) is 0 Å².